The fraction of sp³-hybridized carbons (Fsp3) is 0.231. The first kappa shape index (κ1) is 13.6. The predicted octanol–water partition coefficient (Wildman–Crippen LogP) is 1.95. The summed E-state index contributed by atoms with van der Waals surface area (Å²) < 4.78 is 5.04. The Kier molecular flexibility index (Phi) is 5.26. The van der Waals surface area contributed by atoms with Crippen LogP contribution in [0.4, 0.5) is 4.79 Å². The Morgan fingerprint density at radius 3 is 2.72 bits per heavy atom. The zero-order valence-corrected chi connectivity index (χ0v) is 9.96. The molecule has 0 fully saturated rings. The van der Waals surface area contributed by atoms with Gasteiger partial charge in [-0.05, 0) is 24.1 Å². The van der Waals surface area contributed by atoms with Crippen LogP contribution in [0.25, 0.3) is 0 Å². The smallest absolute Gasteiger partial charge is 0.405 e. The first-order valence-corrected chi connectivity index (χ1v) is 5.34. The van der Waals surface area contributed by atoms with Gasteiger partial charge in [0.2, 0.25) is 0 Å². The molecule has 18 heavy (non-hydrogen) atoms. The van der Waals surface area contributed by atoms with Gasteiger partial charge in [-0.1, -0.05) is 18.2 Å². The SMILES string of the molecule is COc1ccc(CC(/C=C/C#N)NC(=O)O)cc1. The molecule has 1 aromatic rings. The molecule has 0 saturated carbocycles. The minimum Gasteiger partial charge on any atom is -0.497 e. The van der Waals surface area contributed by atoms with E-state index < -0.39 is 12.1 Å². The summed E-state index contributed by atoms with van der Waals surface area (Å²) in [5, 5.41) is 19.5. The van der Waals surface area contributed by atoms with E-state index >= 15 is 0 Å². The van der Waals surface area contributed by atoms with Gasteiger partial charge in [0.1, 0.15) is 5.75 Å². The minimum absolute atomic E-state index is 0.421. The Morgan fingerprint density at radius 2 is 2.22 bits per heavy atom. The summed E-state index contributed by atoms with van der Waals surface area (Å²) in [5.41, 5.74) is 0.956. The summed E-state index contributed by atoms with van der Waals surface area (Å²) in [6.45, 7) is 0. The van der Waals surface area contributed by atoms with Crippen molar-refractivity contribution in [2.24, 2.45) is 0 Å². The van der Waals surface area contributed by atoms with Crippen molar-refractivity contribution >= 4 is 6.09 Å². The van der Waals surface area contributed by atoms with Crippen LogP contribution in [0.15, 0.2) is 36.4 Å². The van der Waals surface area contributed by atoms with Gasteiger partial charge in [-0.25, -0.2) is 4.79 Å². The maximum Gasteiger partial charge on any atom is 0.405 e. The van der Waals surface area contributed by atoms with E-state index in [1.165, 1.54) is 12.2 Å². The second-order valence-electron chi connectivity index (χ2n) is 3.60. The van der Waals surface area contributed by atoms with Gasteiger partial charge in [0.05, 0.1) is 19.2 Å². The summed E-state index contributed by atoms with van der Waals surface area (Å²) in [6.07, 6.45) is 2.16. The van der Waals surface area contributed by atoms with Gasteiger partial charge in [-0.3, -0.25) is 0 Å². The van der Waals surface area contributed by atoms with E-state index in [9.17, 15) is 4.79 Å². The number of hydrogen-bond donors (Lipinski definition) is 2. The Bertz CT molecular complexity index is 460. The van der Waals surface area contributed by atoms with Crippen LogP contribution in [0.2, 0.25) is 0 Å². The quantitative estimate of drug-likeness (QED) is 0.778. The van der Waals surface area contributed by atoms with Gasteiger partial charge in [-0.2, -0.15) is 5.26 Å². The number of carboxylic acid groups (broad SMARTS) is 1. The average molecular weight is 246 g/mol. The largest absolute Gasteiger partial charge is 0.497 e. The number of carbonyl (C=O) groups is 1. The lowest BCUT2D eigenvalue weighted by atomic mass is 10.1. The third kappa shape index (κ3) is 4.58. The highest BCUT2D eigenvalue weighted by atomic mass is 16.5. The summed E-state index contributed by atoms with van der Waals surface area (Å²) in [7, 11) is 1.58. The molecule has 0 aromatic heterocycles. The zero-order chi connectivity index (χ0) is 13.4. The van der Waals surface area contributed by atoms with Gasteiger partial charge in [0.15, 0.2) is 0 Å². The van der Waals surface area contributed by atoms with E-state index in [1.54, 1.807) is 19.2 Å². The van der Waals surface area contributed by atoms with E-state index in [2.05, 4.69) is 5.32 Å². The molecule has 2 N–H and O–H groups in total. The molecule has 1 atom stereocenters. The van der Waals surface area contributed by atoms with Crippen LogP contribution in [-0.4, -0.2) is 24.4 Å². The lowest BCUT2D eigenvalue weighted by Crippen LogP contribution is -2.33. The fourth-order valence-corrected chi connectivity index (χ4v) is 1.50. The van der Waals surface area contributed by atoms with Crippen molar-refractivity contribution in [1.29, 1.82) is 5.26 Å². The molecule has 0 radical (unpaired) electrons. The van der Waals surface area contributed by atoms with Crippen molar-refractivity contribution in [2.45, 2.75) is 12.5 Å². The maximum atomic E-state index is 10.6. The second kappa shape index (κ2) is 6.97. The highest BCUT2D eigenvalue weighted by Crippen LogP contribution is 2.13. The number of benzene rings is 1. The van der Waals surface area contributed by atoms with E-state index in [0.29, 0.717) is 6.42 Å². The molecule has 1 amide bonds. The van der Waals surface area contributed by atoms with Crippen molar-refractivity contribution in [3.8, 4) is 11.8 Å². The van der Waals surface area contributed by atoms with Crippen LogP contribution in [0.1, 0.15) is 5.56 Å². The molecule has 0 spiro atoms. The van der Waals surface area contributed by atoms with E-state index in [1.807, 2.05) is 18.2 Å². The van der Waals surface area contributed by atoms with Crippen molar-refractivity contribution < 1.29 is 14.6 Å². The Morgan fingerprint density at radius 1 is 1.56 bits per heavy atom. The number of nitrogens with zero attached hydrogens (tertiary/aromatic N) is 1. The second-order valence-corrected chi connectivity index (χ2v) is 3.60. The van der Waals surface area contributed by atoms with Gasteiger partial charge in [0, 0.05) is 6.08 Å². The molecular formula is C13H14N2O3. The first-order valence-electron chi connectivity index (χ1n) is 5.34. The predicted molar refractivity (Wildman–Crippen MR) is 66.4 cm³/mol. The number of methoxy groups -OCH3 is 1. The van der Waals surface area contributed by atoms with Gasteiger partial charge in [0.25, 0.3) is 0 Å². The van der Waals surface area contributed by atoms with Crippen LogP contribution in [0.3, 0.4) is 0 Å². The molecular weight excluding hydrogens is 232 g/mol. The average Bonchev–Trinajstić information content (AvgIpc) is 2.36. The molecule has 0 heterocycles. The topological polar surface area (TPSA) is 82.3 Å². The molecule has 0 aliphatic carbocycles. The highest BCUT2D eigenvalue weighted by Gasteiger charge is 2.08. The van der Waals surface area contributed by atoms with Crippen molar-refractivity contribution in [3.05, 3.63) is 42.0 Å². The molecule has 1 unspecified atom stereocenters. The molecule has 1 aromatic carbocycles. The number of nitrogens with one attached hydrogen (secondary N) is 1. The van der Waals surface area contributed by atoms with Gasteiger partial charge < -0.3 is 15.2 Å². The van der Waals surface area contributed by atoms with E-state index in [0.717, 1.165) is 11.3 Å². The third-order valence-corrected chi connectivity index (χ3v) is 2.33. The summed E-state index contributed by atoms with van der Waals surface area (Å²) >= 11 is 0. The van der Waals surface area contributed by atoms with Crippen LogP contribution >= 0.6 is 0 Å². The van der Waals surface area contributed by atoms with Gasteiger partial charge in [-0.15, -0.1) is 0 Å². The number of hydrogen-bond acceptors (Lipinski definition) is 3. The first-order chi connectivity index (χ1) is 8.65. The maximum absolute atomic E-state index is 10.6. The van der Waals surface area contributed by atoms with Crippen LogP contribution in [-0.2, 0) is 6.42 Å². The lowest BCUT2D eigenvalue weighted by Gasteiger charge is -2.12. The summed E-state index contributed by atoms with van der Waals surface area (Å²) in [6, 6.07) is 8.75. The van der Waals surface area contributed by atoms with Crippen molar-refractivity contribution in [1.82, 2.24) is 5.32 Å². The number of amides is 1. The fourth-order valence-electron chi connectivity index (χ4n) is 1.50. The molecule has 0 aliphatic heterocycles. The Labute approximate surface area is 105 Å². The van der Waals surface area contributed by atoms with E-state index in [4.69, 9.17) is 15.1 Å². The molecule has 5 heteroatoms. The molecule has 94 valence electrons. The number of rotatable bonds is 5. The zero-order valence-electron chi connectivity index (χ0n) is 9.96. The Balaban J connectivity index is 2.72. The number of ether oxygens (including phenoxy) is 1. The highest BCUT2D eigenvalue weighted by molar-refractivity contribution is 5.65. The molecule has 1 rings (SSSR count). The summed E-state index contributed by atoms with van der Waals surface area (Å²) in [4.78, 5) is 10.6. The minimum atomic E-state index is -1.11. The number of allylic oxidation sites excluding steroid dienone is 1. The van der Waals surface area contributed by atoms with Gasteiger partial charge >= 0.3 is 6.09 Å². The normalized spacial score (nSPS) is 11.8. The monoisotopic (exact) mass is 246 g/mol. The standard InChI is InChI=1S/C13H14N2O3/c1-18-12-6-4-10(5-7-12)9-11(3-2-8-14)15-13(16)17/h2-7,11,15H,9H2,1H3,(H,16,17)/b3-2+. The molecule has 0 saturated heterocycles. The summed E-state index contributed by atoms with van der Waals surface area (Å²) in [5.74, 6) is 0.745. The molecule has 0 aliphatic rings. The molecule has 0 bridgehead atoms. The number of nitriles is 1. The van der Waals surface area contributed by atoms with Crippen molar-refractivity contribution in [2.75, 3.05) is 7.11 Å². The molecule has 5 nitrogen and oxygen atoms in total. The van der Waals surface area contributed by atoms with Crippen LogP contribution in [0.5, 0.6) is 5.75 Å². The van der Waals surface area contributed by atoms with Crippen LogP contribution in [0, 0.1) is 11.3 Å². The van der Waals surface area contributed by atoms with E-state index in [-0.39, 0.29) is 0 Å². The van der Waals surface area contributed by atoms with Crippen molar-refractivity contribution in [3.63, 3.8) is 0 Å². The lowest BCUT2D eigenvalue weighted by molar-refractivity contribution is 0.192. The third-order valence-electron chi connectivity index (χ3n) is 2.33. The van der Waals surface area contributed by atoms with Crippen LogP contribution < -0.4 is 10.1 Å². The Hall–Kier alpha value is -2.48.